The summed E-state index contributed by atoms with van der Waals surface area (Å²) < 4.78 is 5.80. The first-order valence-corrected chi connectivity index (χ1v) is 15.3. The zero-order valence-corrected chi connectivity index (χ0v) is 23.1. The molecule has 0 amide bonds. The lowest BCUT2D eigenvalue weighted by molar-refractivity contribution is -0.121. The van der Waals surface area contributed by atoms with Gasteiger partial charge in [0, 0.05) is 12.0 Å². The number of rotatable bonds is 7. The molecular formula is C36H27O4P. The minimum atomic E-state index is -3.09. The predicted molar refractivity (Wildman–Crippen MR) is 165 cm³/mol. The van der Waals surface area contributed by atoms with Crippen molar-refractivity contribution in [2.45, 2.75) is 12.5 Å². The topological polar surface area (TPSA) is 60.4 Å². The summed E-state index contributed by atoms with van der Waals surface area (Å²) in [6.45, 7) is -3.09. The number of ether oxygens (including phenoxy) is 1. The number of hydrogen-bond acceptors (Lipinski definition) is 4. The van der Waals surface area contributed by atoms with Gasteiger partial charge < -0.3 is 4.74 Å². The van der Waals surface area contributed by atoms with Gasteiger partial charge >= 0.3 is 5.97 Å². The van der Waals surface area contributed by atoms with Gasteiger partial charge in [-0.3, -0.25) is 9.59 Å². The van der Waals surface area contributed by atoms with E-state index >= 15 is 0 Å². The largest absolute Gasteiger partial charge is 0.450 e. The third-order valence-corrected chi connectivity index (χ3v) is 11.7. The SMILES string of the molecule is O=C(C(C(=O)[C@@H]1Cc2ccccc2C(=O)O1)=P(c1ccccc1)(c1ccccc1)c1ccccc1)c1ccccc1. The zero-order chi connectivity index (χ0) is 28.2. The number of fused-ring (bicyclic) bond motifs is 1. The second kappa shape index (κ2) is 11.4. The molecule has 5 aromatic carbocycles. The molecule has 200 valence electrons. The lowest BCUT2D eigenvalue weighted by Gasteiger charge is -2.33. The first kappa shape index (κ1) is 26.4. The molecule has 1 aliphatic heterocycles. The van der Waals surface area contributed by atoms with Crippen molar-refractivity contribution in [1.82, 2.24) is 0 Å². The van der Waals surface area contributed by atoms with Gasteiger partial charge in [-0.25, -0.2) is 4.79 Å². The highest BCUT2D eigenvalue weighted by atomic mass is 31.2. The van der Waals surface area contributed by atoms with E-state index in [4.69, 9.17) is 4.74 Å². The van der Waals surface area contributed by atoms with E-state index in [0.29, 0.717) is 11.1 Å². The maximum atomic E-state index is 14.9. The Morgan fingerprint density at radius 3 is 1.54 bits per heavy atom. The van der Waals surface area contributed by atoms with Gasteiger partial charge in [0.1, 0.15) is 0 Å². The third kappa shape index (κ3) is 4.77. The fourth-order valence-electron chi connectivity index (χ4n) is 5.58. The molecule has 0 saturated heterocycles. The highest BCUT2D eigenvalue weighted by Crippen LogP contribution is 2.47. The Morgan fingerprint density at radius 2 is 1.02 bits per heavy atom. The smallest absolute Gasteiger partial charge is 0.339 e. The Hall–Kier alpha value is -4.79. The van der Waals surface area contributed by atoms with Crippen LogP contribution in [0.3, 0.4) is 0 Å². The van der Waals surface area contributed by atoms with Gasteiger partial charge in [-0.05, 0) is 34.4 Å². The van der Waals surface area contributed by atoms with Crippen molar-refractivity contribution in [3.63, 3.8) is 0 Å². The summed E-state index contributed by atoms with van der Waals surface area (Å²) in [6.07, 6.45) is -0.930. The zero-order valence-electron chi connectivity index (χ0n) is 22.2. The average Bonchev–Trinajstić information content (AvgIpc) is 3.04. The molecule has 1 heterocycles. The fraction of sp³-hybridized carbons (Fsp3) is 0.0556. The molecule has 4 nitrogen and oxygen atoms in total. The lowest BCUT2D eigenvalue weighted by atomic mass is 9.94. The van der Waals surface area contributed by atoms with E-state index in [0.717, 1.165) is 21.5 Å². The first-order valence-electron chi connectivity index (χ1n) is 13.5. The molecule has 0 bridgehead atoms. The average molecular weight is 555 g/mol. The summed E-state index contributed by atoms with van der Waals surface area (Å²) in [6, 6.07) is 45.3. The molecule has 5 heteroatoms. The van der Waals surface area contributed by atoms with Gasteiger partial charge in [0.15, 0.2) is 11.9 Å². The van der Waals surface area contributed by atoms with Crippen molar-refractivity contribution in [1.29, 1.82) is 0 Å². The highest BCUT2D eigenvalue weighted by molar-refractivity contribution is 7.97. The summed E-state index contributed by atoms with van der Waals surface area (Å²) in [7, 11) is 0. The van der Waals surface area contributed by atoms with Crippen LogP contribution in [0.2, 0.25) is 0 Å². The van der Waals surface area contributed by atoms with Crippen molar-refractivity contribution in [2.75, 3.05) is 0 Å². The van der Waals surface area contributed by atoms with Crippen LogP contribution in [0.25, 0.3) is 0 Å². The summed E-state index contributed by atoms with van der Waals surface area (Å²) in [5.74, 6) is -1.39. The molecule has 1 atom stereocenters. The first-order chi connectivity index (χ1) is 20.1. The standard InChI is InChI=1S/C36H27O4P/c37-33(26-15-5-1-6-16-26)35(34(38)32-25-27-17-13-14-24-31(27)36(39)40-32)41(28-18-7-2-8-19-28,29-20-9-3-10-21-29)30-22-11-4-12-23-30/h1-24,32H,25H2/t32-/m0/s1. The summed E-state index contributed by atoms with van der Waals surface area (Å²) in [5.41, 5.74) is 1.59. The Balaban J connectivity index is 1.74. The molecule has 0 saturated carbocycles. The van der Waals surface area contributed by atoms with Crippen molar-refractivity contribution < 1.29 is 19.1 Å². The highest BCUT2D eigenvalue weighted by Gasteiger charge is 2.42. The second-order valence-electron chi connectivity index (χ2n) is 9.84. The molecule has 5 aromatic rings. The van der Waals surface area contributed by atoms with Gasteiger partial charge in [-0.2, -0.15) is 0 Å². The number of benzene rings is 5. The van der Waals surface area contributed by atoms with Gasteiger partial charge in [0.2, 0.25) is 5.78 Å². The molecule has 0 fully saturated rings. The molecule has 6 rings (SSSR count). The maximum absolute atomic E-state index is 14.9. The molecule has 0 radical (unpaired) electrons. The molecule has 41 heavy (non-hydrogen) atoms. The minimum Gasteiger partial charge on any atom is -0.450 e. The van der Waals surface area contributed by atoms with Crippen LogP contribution in [0.15, 0.2) is 146 Å². The van der Waals surface area contributed by atoms with Crippen LogP contribution in [0.5, 0.6) is 0 Å². The van der Waals surface area contributed by atoms with Crippen molar-refractivity contribution >= 4 is 45.6 Å². The molecule has 1 aliphatic rings. The fourth-order valence-corrected chi connectivity index (χ4v) is 10.0. The van der Waals surface area contributed by atoms with E-state index in [2.05, 4.69) is 0 Å². The van der Waals surface area contributed by atoms with Crippen LogP contribution >= 0.6 is 6.89 Å². The summed E-state index contributed by atoms with van der Waals surface area (Å²) in [4.78, 5) is 42.7. The van der Waals surface area contributed by atoms with Gasteiger partial charge in [-0.1, -0.05) is 140 Å². The number of carbonyl (C=O) groups excluding carboxylic acids is 3. The Bertz CT molecular complexity index is 1680. The van der Waals surface area contributed by atoms with E-state index in [1.165, 1.54) is 0 Å². The van der Waals surface area contributed by atoms with Crippen LogP contribution < -0.4 is 15.9 Å². The molecule has 0 aromatic heterocycles. The van der Waals surface area contributed by atoms with Crippen LogP contribution in [-0.4, -0.2) is 28.9 Å². The van der Waals surface area contributed by atoms with Gasteiger partial charge in [0.25, 0.3) is 0 Å². The number of cyclic esters (lactones) is 1. The third-order valence-electron chi connectivity index (χ3n) is 7.43. The van der Waals surface area contributed by atoms with Crippen molar-refractivity contribution in [2.24, 2.45) is 0 Å². The Labute approximate surface area is 239 Å². The quantitative estimate of drug-likeness (QED) is 0.117. The number of Topliss-reactive ketones (excluding diaryl/α,β-unsaturated/α-hetero) is 2. The minimum absolute atomic E-state index is 0.143. The molecule has 0 N–H and O–H groups in total. The van der Waals surface area contributed by atoms with Crippen LogP contribution in [0.4, 0.5) is 0 Å². The lowest BCUT2D eigenvalue weighted by Crippen LogP contribution is -2.45. The molecule has 0 unspecified atom stereocenters. The van der Waals surface area contributed by atoms with Crippen molar-refractivity contribution in [3.05, 3.63) is 162 Å². The number of hydrogen-bond donors (Lipinski definition) is 0. The number of esters is 1. The van der Waals surface area contributed by atoms with Crippen LogP contribution in [0, 0.1) is 0 Å². The summed E-state index contributed by atoms with van der Waals surface area (Å²) in [5, 5.41) is 2.75. The van der Waals surface area contributed by atoms with E-state index in [1.807, 2.05) is 109 Å². The van der Waals surface area contributed by atoms with Crippen LogP contribution in [0.1, 0.15) is 26.3 Å². The van der Waals surface area contributed by atoms with E-state index in [9.17, 15) is 14.4 Å². The van der Waals surface area contributed by atoms with Gasteiger partial charge in [-0.15, -0.1) is 0 Å². The van der Waals surface area contributed by atoms with Gasteiger partial charge in [0.05, 0.1) is 10.9 Å². The van der Waals surface area contributed by atoms with E-state index < -0.39 is 24.7 Å². The summed E-state index contributed by atoms with van der Waals surface area (Å²) >= 11 is 0. The van der Waals surface area contributed by atoms with E-state index in [1.54, 1.807) is 36.4 Å². The van der Waals surface area contributed by atoms with Crippen LogP contribution in [-0.2, 0) is 16.0 Å². The Kier molecular flexibility index (Phi) is 7.33. The Morgan fingerprint density at radius 1 is 0.585 bits per heavy atom. The normalized spacial score (nSPS) is 14.4. The molecule has 0 aliphatic carbocycles. The molecular weight excluding hydrogens is 527 g/mol. The number of ketones is 2. The number of carbonyl (C=O) groups is 3. The predicted octanol–water partition coefficient (Wildman–Crippen LogP) is 5.39. The second-order valence-corrected chi connectivity index (χ2v) is 13.2. The van der Waals surface area contributed by atoms with E-state index in [-0.39, 0.29) is 17.5 Å². The molecule has 0 spiro atoms. The maximum Gasteiger partial charge on any atom is 0.339 e. The van der Waals surface area contributed by atoms with Crippen molar-refractivity contribution in [3.8, 4) is 0 Å². The monoisotopic (exact) mass is 554 g/mol.